The summed E-state index contributed by atoms with van der Waals surface area (Å²) in [6.07, 6.45) is 0.728. The molecular weight excluding hydrogens is 242 g/mol. The molecule has 17 heavy (non-hydrogen) atoms. The predicted octanol–water partition coefficient (Wildman–Crippen LogP) is 0.667. The van der Waals surface area contributed by atoms with Gasteiger partial charge in [0.2, 0.25) is 0 Å². The topological polar surface area (TPSA) is 101 Å². The Morgan fingerprint density at radius 2 is 2.12 bits per heavy atom. The lowest BCUT2D eigenvalue weighted by molar-refractivity contribution is 0.246. The Morgan fingerprint density at radius 1 is 1.41 bits per heavy atom. The third kappa shape index (κ3) is 3.95. The first-order chi connectivity index (χ1) is 7.95. The number of urea groups is 1. The summed E-state index contributed by atoms with van der Waals surface area (Å²) in [5.74, 6) is 0. The fourth-order valence-corrected chi connectivity index (χ4v) is 2.12. The molecule has 0 radical (unpaired) electrons. The van der Waals surface area contributed by atoms with E-state index in [-0.39, 0.29) is 4.90 Å². The second-order valence-corrected chi connectivity index (χ2v) is 5.12. The number of nitrogen functional groups attached to an aromatic ring is 1. The minimum atomic E-state index is -3.85. The van der Waals surface area contributed by atoms with Crippen LogP contribution in [-0.2, 0) is 10.0 Å². The number of benzene rings is 1. The number of amides is 2. The van der Waals surface area contributed by atoms with E-state index in [0.29, 0.717) is 12.2 Å². The molecule has 6 nitrogen and oxygen atoms in total. The summed E-state index contributed by atoms with van der Waals surface area (Å²) in [5.41, 5.74) is 5.79. The molecule has 1 aromatic carbocycles. The summed E-state index contributed by atoms with van der Waals surface area (Å²) in [5, 5.41) is 2.41. The fraction of sp³-hybridized carbons (Fsp3) is 0.300. The molecule has 0 fully saturated rings. The quantitative estimate of drug-likeness (QED) is 0.690. The van der Waals surface area contributed by atoms with Crippen molar-refractivity contribution in [3.05, 3.63) is 24.3 Å². The van der Waals surface area contributed by atoms with E-state index in [9.17, 15) is 13.2 Å². The molecule has 2 amide bonds. The number of hydrogen-bond donors (Lipinski definition) is 3. The van der Waals surface area contributed by atoms with Crippen molar-refractivity contribution >= 4 is 21.7 Å². The molecule has 0 atom stereocenters. The molecule has 7 heteroatoms. The van der Waals surface area contributed by atoms with Crippen LogP contribution in [0.1, 0.15) is 13.3 Å². The minimum absolute atomic E-state index is 0.0378. The highest BCUT2D eigenvalue weighted by Crippen LogP contribution is 2.12. The van der Waals surface area contributed by atoms with E-state index >= 15 is 0 Å². The Bertz CT molecular complexity index is 499. The van der Waals surface area contributed by atoms with Crippen LogP contribution in [0.15, 0.2) is 29.2 Å². The largest absolute Gasteiger partial charge is 0.399 e. The van der Waals surface area contributed by atoms with Gasteiger partial charge in [0.15, 0.2) is 0 Å². The van der Waals surface area contributed by atoms with Crippen molar-refractivity contribution in [3.63, 3.8) is 0 Å². The number of sulfonamides is 1. The van der Waals surface area contributed by atoms with Gasteiger partial charge in [-0.15, -0.1) is 0 Å². The molecule has 0 aliphatic heterocycles. The number of rotatable bonds is 4. The van der Waals surface area contributed by atoms with Gasteiger partial charge < -0.3 is 11.1 Å². The lowest BCUT2D eigenvalue weighted by atomic mass is 10.3. The van der Waals surface area contributed by atoms with Crippen LogP contribution in [0.4, 0.5) is 10.5 Å². The fourth-order valence-electron chi connectivity index (χ4n) is 1.14. The Hall–Kier alpha value is -1.76. The zero-order chi connectivity index (χ0) is 12.9. The van der Waals surface area contributed by atoms with Crippen LogP contribution < -0.4 is 15.8 Å². The molecule has 0 aromatic heterocycles. The van der Waals surface area contributed by atoms with Crippen LogP contribution in [0.2, 0.25) is 0 Å². The molecule has 0 aliphatic rings. The number of nitrogens with one attached hydrogen (secondary N) is 2. The van der Waals surface area contributed by atoms with Gasteiger partial charge in [0.1, 0.15) is 0 Å². The maximum Gasteiger partial charge on any atom is 0.328 e. The van der Waals surface area contributed by atoms with E-state index in [0.717, 1.165) is 6.42 Å². The molecule has 0 heterocycles. The predicted molar refractivity (Wildman–Crippen MR) is 64.9 cm³/mol. The number of carbonyl (C=O) groups is 1. The Morgan fingerprint density at radius 3 is 2.71 bits per heavy atom. The van der Waals surface area contributed by atoms with E-state index in [1.54, 1.807) is 6.07 Å². The summed E-state index contributed by atoms with van der Waals surface area (Å²) in [6, 6.07) is 4.99. The molecular formula is C10H15N3O3S. The molecule has 0 saturated carbocycles. The average molecular weight is 257 g/mol. The maximum absolute atomic E-state index is 11.7. The normalized spacial score (nSPS) is 10.9. The van der Waals surface area contributed by atoms with Gasteiger partial charge in [-0.25, -0.2) is 17.9 Å². The first-order valence-electron chi connectivity index (χ1n) is 5.12. The average Bonchev–Trinajstić information content (AvgIpc) is 2.26. The highest BCUT2D eigenvalue weighted by atomic mass is 32.2. The highest BCUT2D eigenvalue weighted by Gasteiger charge is 2.16. The Kier molecular flexibility index (Phi) is 4.33. The molecule has 4 N–H and O–H groups in total. The number of anilines is 1. The maximum atomic E-state index is 11.7. The van der Waals surface area contributed by atoms with Crippen molar-refractivity contribution in [1.29, 1.82) is 0 Å². The first-order valence-corrected chi connectivity index (χ1v) is 6.60. The van der Waals surface area contributed by atoms with Gasteiger partial charge in [-0.05, 0) is 24.6 Å². The lowest BCUT2D eigenvalue weighted by Gasteiger charge is -2.08. The van der Waals surface area contributed by atoms with Crippen LogP contribution in [0.25, 0.3) is 0 Å². The molecule has 0 unspecified atom stereocenters. The third-order valence-electron chi connectivity index (χ3n) is 1.93. The van der Waals surface area contributed by atoms with Gasteiger partial charge in [0.05, 0.1) is 4.90 Å². The van der Waals surface area contributed by atoms with Crippen molar-refractivity contribution in [1.82, 2.24) is 10.0 Å². The smallest absolute Gasteiger partial charge is 0.328 e. The van der Waals surface area contributed by atoms with Crippen LogP contribution in [0.3, 0.4) is 0 Å². The van der Waals surface area contributed by atoms with Crippen molar-refractivity contribution in [3.8, 4) is 0 Å². The molecule has 1 aromatic rings. The number of hydrogen-bond acceptors (Lipinski definition) is 4. The second-order valence-electron chi connectivity index (χ2n) is 3.43. The monoisotopic (exact) mass is 257 g/mol. The van der Waals surface area contributed by atoms with Gasteiger partial charge in [-0.2, -0.15) is 0 Å². The molecule has 94 valence electrons. The van der Waals surface area contributed by atoms with Gasteiger partial charge in [0.25, 0.3) is 10.0 Å². The zero-order valence-corrected chi connectivity index (χ0v) is 10.3. The first kappa shape index (κ1) is 13.3. The summed E-state index contributed by atoms with van der Waals surface area (Å²) in [7, 11) is -3.85. The van der Waals surface area contributed by atoms with Crippen LogP contribution in [0.5, 0.6) is 0 Å². The van der Waals surface area contributed by atoms with E-state index < -0.39 is 16.1 Å². The van der Waals surface area contributed by atoms with Gasteiger partial charge in [-0.1, -0.05) is 13.0 Å². The molecule has 1 rings (SSSR count). The standard InChI is InChI=1S/C10H15N3O3S/c1-2-6-12-10(14)13-17(15,16)9-5-3-4-8(11)7-9/h3-5,7H,2,6,11H2,1H3,(H2,12,13,14). The molecule has 0 spiro atoms. The van der Waals surface area contributed by atoms with Crippen molar-refractivity contribution in [2.24, 2.45) is 0 Å². The van der Waals surface area contributed by atoms with E-state index in [2.05, 4.69) is 5.32 Å². The highest BCUT2D eigenvalue weighted by molar-refractivity contribution is 7.90. The van der Waals surface area contributed by atoms with Crippen LogP contribution in [-0.4, -0.2) is 21.0 Å². The van der Waals surface area contributed by atoms with E-state index in [4.69, 9.17) is 5.73 Å². The van der Waals surface area contributed by atoms with E-state index in [1.165, 1.54) is 18.2 Å². The van der Waals surface area contributed by atoms with E-state index in [1.807, 2.05) is 11.6 Å². The number of carbonyl (C=O) groups excluding carboxylic acids is 1. The summed E-state index contributed by atoms with van der Waals surface area (Å²) < 4.78 is 25.4. The third-order valence-corrected chi connectivity index (χ3v) is 3.26. The van der Waals surface area contributed by atoms with Crippen molar-refractivity contribution in [2.45, 2.75) is 18.2 Å². The summed E-state index contributed by atoms with van der Waals surface area (Å²) in [4.78, 5) is 11.2. The zero-order valence-electron chi connectivity index (χ0n) is 9.43. The van der Waals surface area contributed by atoms with Gasteiger partial charge in [-0.3, -0.25) is 0 Å². The second kappa shape index (κ2) is 5.53. The van der Waals surface area contributed by atoms with Crippen molar-refractivity contribution < 1.29 is 13.2 Å². The van der Waals surface area contributed by atoms with Crippen LogP contribution in [0, 0.1) is 0 Å². The molecule has 0 bridgehead atoms. The molecule has 0 aliphatic carbocycles. The summed E-state index contributed by atoms with van der Waals surface area (Å²) in [6.45, 7) is 2.28. The van der Waals surface area contributed by atoms with Gasteiger partial charge >= 0.3 is 6.03 Å². The SMILES string of the molecule is CCCNC(=O)NS(=O)(=O)c1cccc(N)c1. The number of nitrogens with two attached hydrogens (primary N) is 1. The minimum Gasteiger partial charge on any atom is -0.399 e. The van der Waals surface area contributed by atoms with Crippen LogP contribution >= 0.6 is 0 Å². The summed E-state index contributed by atoms with van der Waals surface area (Å²) >= 11 is 0. The Balaban J connectivity index is 2.79. The molecule has 0 saturated heterocycles. The lowest BCUT2D eigenvalue weighted by Crippen LogP contribution is -2.39. The van der Waals surface area contributed by atoms with Crippen molar-refractivity contribution in [2.75, 3.05) is 12.3 Å². The Labute approximate surface area is 100 Å². The van der Waals surface area contributed by atoms with Gasteiger partial charge in [0, 0.05) is 12.2 Å².